The molecule has 2 nitrogen and oxygen atoms in total. The summed E-state index contributed by atoms with van der Waals surface area (Å²) in [6.45, 7) is 0. The molecule has 0 fully saturated rings. The molecule has 16 heavy (non-hydrogen) atoms. The second kappa shape index (κ2) is 5.12. The molecule has 2 aromatic rings. The second-order valence-corrected chi connectivity index (χ2v) is 4.57. The molecule has 0 amide bonds. The smallest absolute Gasteiger partial charge is 0.141 e. The number of hydrogen-bond acceptors (Lipinski definition) is 2. The van der Waals surface area contributed by atoms with Crippen molar-refractivity contribution in [2.24, 2.45) is 0 Å². The van der Waals surface area contributed by atoms with E-state index in [1.807, 2.05) is 30.3 Å². The van der Waals surface area contributed by atoms with Crippen LogP contribution in [-0.2, 0) is 17.6 Å². The van der Waals surface area contributed by atoms with E-state index in [-0.39, 0.29) is 5.78 Å². The fraction of sp³-hybridized carbons (Fsp3) is 0.154. The van der Waals surface area contributed by atoms with Crippen LogP contribution in [0.5, 0.6) is 0 Å². The molecular formula is C13H11BrO2. The Labute approximate surface area is 102 Å². The first-order valence-corrected chi connectivity index (χ1v) is 5.80. The number of halogens is 1. The molecule has 1 heterocycles. The Hall–Kier alpha value is -1.35. The molecule has 82 valence electrons. The van der Waals surface area contributed by atoms with Crippen molar-refractivity contribution in [1.82, 2.24) is 0 Å². The quantitative estimate of drug-likeness (QED) is 0.858. The number of ketones is 1. The van der Waals surface area contributed by atoms with Gasteiger partial charge in [-0.1, -0.05) is 28.1 Å². The molecular weight excluding hydrogens is 268 g/mol. The molecule has 0 aliphatic rings. The molecule has 3 heteroatoms. The fourth-order valence-electron chi connectivity index (χ4n) is 1.56. The lowest BCUT2D eigenvalue weighted by molar-refractivity contribution is -0.117. The van der Waals surface area contributed by atoms with Gasteiger partial charge in [-0.2, -0.15) is 0 Å². The summed E-state index contributed by atoms with van der Waals surface area (Å²) in [7, 11) is 0. The van der Waals surface area contributed by atoms with E-state index < -0.39 is 0 Å². The molecule has 0 spiro atoms. The van der Waals surface area contributed by atoms with E-state index in [2.05, 4.69) is 15.9 Å². The first-order chi connectivity index (χ1) is 7.74. The molecule has 0 unspecified atom stereocenters. The highest BCUT2D eigenvalue weighted by molar-refractivity contribution is 9.10. The lowest BCUT2D eigenvalue weighted by Crippen LogP contribution is -2.05. The van der Waals surface area contributed by atoms with Crippen LogP contribution < -0.4 is 0 Å². The summed E-state index contributed by atoms with van der Waals surface area (Å²) >= 11 is 3.39. The van der Waals surface area contributed by atoms with Crippen LogP contribution in [0.25, 0.3) is 0 Å². The minimum Gasteiger partial charge on any atom is -0.472 e. The lowest BCUT2D eigenvalue weighted by Gasteiger charge is -2.00. The van der Waals surface area contributed by atoms with Gasteiger partial charge in [0.25, 0.3) is 0 Å². The van der Waals surface area contributed by atoms with Gasteiger partial charge in [0, 0.05) is 17.3 Å². The van der Waals surface area contributed by atoms with Crippen LogP contribution in [0.15, 0.2) is 51.7 Å². The van der Waals surface area contributed by atoms with E-state index in [1.54, 1.807) is 12.5 Å². The Kier molecular flexibility index (Phi) is 3.57. The van der Waals surface area contributed by atoms with Gasteiger partial charge in [-0.15, -0.1) is 0 Å². The third kappa shape index (κ3) is 3.07. The summed E-state index contributed by atoms with van der Waals surface area (Å²) < 4.78 is 5.93. The molecule has 0 aliphatic heterocycles. The van der Waals surface area contributed by atoms with Crippen molar-refractivity contribution in [2.75, 3.05) is 0 Å². The summed E-state index contributed by atoms with van der Waals surface area (Å²) in [5.41, 5.74) is 1.96. The Balaban J connectivity index is 1.97. The van der Waals surface area contributed by atoms with Crippen molar-refractivity contribution in [3.05, 3.63) is 58.5 Å². The van der Waals surface area contributed by atoms with Gasteiger partial charge in [0.15, 0.2) is 0 Å². The molecule has 0 atom stereocenters. The second-order valence-electron chi connectivity index (χ2n) is 3.65. The Morgan fingerprint density at radius 3 is 2.69 bits per heavy atom. The van der Waals surface area contributed by atoms with Gasteiger partial charge in [-0.25, -0.2) is 0 Å². The molecule has 0 aliphatic carbocycles. The number of Topliss-reactive ketones (excluding diaryl/α,β-unsaturated/α-hetero) is 1. The Morgan fingerprint density at radius 2 is 2.00 bits per heavy atom. The van der Waals surface area contributed by atoms with Crippen molar-refractivity contribution in [3.63, 3.8) is 0 Å². The standard InChI is InChI=1S/C13H11BrO2/c14-12-3-1-2-10(6-12)7-13(15)8-11-4-5-16-9-11/h1-6,9H,7-8H2. The predicted octanol–water partition coefficient (Wildman–Crippen LogP) is 3.40. The minimum absolute atomic E-state index is 0.194. The highest BCUT2D eigenvalue weighted by Crippen LogP contribution is 2.13. The number of benzene rings is 1. The average Bonchev–Trinajstić information content (AvgIpc) is 2.70. The van der Waals surface area contributed by atoms with Gasteiger partial charge < -0.3 is 4.42 Å². The molecule has 0 radical (unpaired) electrons. The minimum atomic E-state index is 0.194. The maximum Gasteiger partial charge on any atom is 0.141 e. The summed E-state index contributed by atoms with van der Waals surface area (Å²) in [4.78, 5) is 11.7. The van der Waals surface area contributed by atoms with E-state index in [1.165, 1.54) is 0 Å². The SMILES string of the molecule is O=C(Cc1ccoc1)Cc1cccc(Br)c1. The molecule has 0 N–H and O–H groups in total. The third-order valence-corrected chi connectivity index (χ3v) is 2.76. The van der Waals surface area contributed by atoms with Crippen molar-refractivity contribution in [3.8, 4) is 0 Å². The van der Waals surface area contributed by atoms with Gasteiger partial charge in [-0.05, 0) is 29.3 Å². The van der Waals surface area contributed by atoms with Crippen LogP contribution in [0, 0.1) is 0 Å². The van der Waals surface area contributed by atoms with Crippen molar-refractivity contribution < 1.29 is 9.21 Å². The zero-order valence-electron chi connectivity index (χ0n) is 8.65. The fourth-order valence-corrected chi connectivity index (χ4v) is 2.00. The van der Waals surface area contributed by atoms with Crippen LogP contribution in [0.3, 0.4) is 0 Å². The number of carbonyl (C=O) groups excluding carboxylic acids is 1. The maximum absolute atomic E-state index is 11.7. The lowest BCUT2D eigenvalue weighted by atomic mass is 10.0. The molecule has 1 aromatic carbocycles. The van der Waals surface area contributed by atoms with E-state index in [0.29, 0.717) is 12.8 Å². The summed E-state index contributed by atoms with van der Waals surface area (Å²) in [5.74, 6) is 0.194. The monoisotopic (exact) mass is 278 g/mol. The average molecular weight is 279 g/mol. The van der Waals surface area contributed by atoms with E-state index in [9.17, 15) is 4.79 Å². The molecule has 1 aromatic heterocycles. The van der Waals surface area contributed by atoms with Crippen LogP contribution in [-0.4, -0.2) is 5.78 Å². The molecule has 0 bridgehead atoms. The van der Waals surface area contributed by atoms with Crippen LogP contribution in [0.2, 0.25) is 0 Å². The van der Waals surface area contributed by atoms with Crippen molar-refractivity contribution in [2.45, 2.75) is 12.8 Å². The number of furan rings is 1. The first-order valence-electron chi connectivity index (χ1n) is 5.01. The predicted molar refractivity (Wildman–Crippen MR) is 65.3 cm³/mol. The van der Waals surface area contributed by atoms with Crippen LogP contribution >= 0.6 is 15.9 Å². The first kappa shape index (κ1) is 11.1. The topological polar surface area (TPSA) is 30.2 Å². The van der Waals surface area contributed by atoms with Gasteiger partial charge in [0.1, 0.15) is 5.78 Å². The zero-order valence-corrected chi connectivity index (χ0v) is 10.2. The number of rotatable bonds is 4. The largest absolute Gasteiger partial charge is 0.472 e. The third-order valence-electron chi connectivity index (χ3n) is 2.27. The van der Waals surface area contributed by atoms with Crippen LogP contribution in [0.1, 0.15) is 11.1 Å². The Bertz CT molecular complexity index is 474. The molecule has 2 rings (SSSR count). The zero-order chi connectivity index (χ0) is 11.4. The molecule has 0 saturated heterocycles. The summed E-state index contributed by atoms with van der Waals surface area (Å²) in [5, 5.41) is 0. The van der Waals surface area contributed by atoms with Gasteiger partial charge in [0.05, 0.1) is 12.5 Å². The molecule has 0 saturated carbocycles. The van der Waals surface area contributed by atoms with Gasteiger partial charge >= 0.3 is 0 Å². The van der Waals surface area contributed by atoms with Crippen LogP contribution in [0.4, 0.5) is 0 Å². The van der Waals surface area contributed by atoms with E-state index in [4.69, 9.17) is 4.42 Å². The normalized spacial score (nSPS) is 10.3. The highest BCUT2D eigenvalue weighted by atomic mass is 79.9. The van der Waals surface area contributed by atoms with E-state index in [0.717, 1.165) is 15.6 Å². The van der Waals surface area contributed by atoms with E-state index >= 15 is 0 Å². The Morgan fingerprint density at radius 1 is 1.19 bits per heavy atom. The van der Waals surface area contributed by atoms with Gasteiger partial charge in [0.2, 0.25) is 0 Å². The van der Waals surface area contributed by atoms with Gasteiger partial charge in [-0.3, -0.25) is 4.79 Å². The number of hydrogen-bond donors (Lipinski definition) is 0. The van der Waals surface area contributed by atoms with Crippen molar-refractivity contribution >= 4 is 21.7 Å². The summed E-state index contributed by atoms with van der Waals surface area (Å²) in [6, 6.07) is 9.62. The number of carbonyl (C=O) groups is 1. The highest BCUT2D eigenvalue weighted by Gasteiger charge is 2.06. The summed E-state index contributed by atoms with van der Waals surface area (Å²) in [6.07, 6.45) is 4.09. The maximum atomic E-state index is 11.7. The van der Waals surface area contributed by atoms with Crippen molar-refractivity contribution in [1.29, 1.82) is 0 Å².